The number of hydrazine groups is 1. The molecule has 2 N–H and O–H groups in total. The van der Waals surface area contributed by atoms with Gasteiger partial charge in [0.05, 0.1) is 11.4 Å². The van der Waals surface area contributed by atoms with Crippen LogP contribution < -0.4 is 15.0 Å². The molecule has 0 spiro atoms. The molecule has 148 valence electrons. The molecular formula is C19H22N4O4S. The number of carbonyl (C=O) groups excluding carboxylic acids is 1. The van der Waals surface area contributed by atoms with Crippen LogP contribution in [0.1, 0.15) is 18.3 Å². The molecule has 0 radical (unpaired) electrons. The van der Waals surface area contributed by atoms with Crippen LogP contribution in [0.15, 0.2) is 47.4 Å². The van der Waals surface area contributed by atoms with Crippen molar-refractivity contribution in [3.8, 4) is 5.75 Å². The molecule has 0 aliphatic heterocycles. The van der Waals surface area contributed by atoms with Gasteiger partial charge in [-0.25, -0.2) is 8.42 Å². The van der Waals surface area contributed by atoms with Gasteiger partial charge in [-0.1, -0.05) is 30.3 Å². The number of aryl methyl sites for hydroxylation is 2. The molecule has 0 aliphatic rings. The molecule has 0 fully saturated rings. The van der Waals surface area contributed by atoms with Crippen molar-refractivity contribution in [2.75, 3.05) is 0 Å². The number of benzene rings is 2. The summed E-state index contributed by atoms with van der Waals surface area (Å²) < 4.78 is 32.1. The van der Waals surface area contributed by atoms with Crippen LogP contribution >= 0.6 is 0 Å². The molecule has 3 rings (SSSR count). The highest BCUT2D eigenvalue weighted by atomic mass is 32.2. The van der Waals surface area contributed by atoms with E-state index in [4.69, 9.17) is 4.74 Å². The summed E-state index contributed by atoms with van der Waals surface area (Å²) in [6.45, 7) is 4.77. The summed E-state index contributed by atoms with van der Waals surface area (Å²) in [6, 6.07) is 13.3. The van der Waals surface area contributed by atoms with Crippen LogP contribution in [0.25, 0.3) is 10.8 Å². The highest BCUT2D eigenvalue weighted by Gasteiger charge is 2.25. The number of aromatic nitrogens is 2. The SMILES string of the molecule is Cc1nn(C)c(C)c1S(=O)(=O)NNC(=O)[C@@H](C)Oc1ccc2ccccc2c1. The van der Waals surface area contributed by atoms with E-state index in [0.717, 1.165) is 10.8 Å². The van der Waals surface area contributed by atoms with Crippen LogP contribution in [-0.4, -0.2) is 30.2 Å². The predicted octanol–water partition coefficient (Wildman–Crippen LogP) is 1.97. The summed E-state index contributed by atoms with van der Waals surface area (Å²) in [4.78, 5) is 14.4. The Morgan fingerprint density at radius 1 is 1.14 bits per heavy atom. The number of sulfonamides is 1. The normalized spacial score (nSPS) is 12.7. The van der Waals surface area contributed by atoms with E-state index in [-0.39, 0.29) is 4.90 Å². The second-order valence-electron chi connectivity index (χ2n) is 6.49. The van der Waals surface area contributed by atoms with E-state index in [1.165, 1.54) is 4.68 Å². The monoisotopic (exact) mass is 402 g/mol. The molecule has 1 amide bonds. The van der Waals surface area contributed by atoms with Crippen molar-refractivity contribution in [2.24, 2.45) is 7.05 Å². The van der Waals surface area contributed by atoms with Crippen molar-refractivity contribution in [1.29, 1.82) is 0 Å². The maximum Gasteiger partial charge on any atom is 0.275 e. The highest BCUT2D eigenvalue weighted by Crippen LogP contribution is 2.21. The van der Waals surface area contributed by atoms with E-state index in [1.807, 2.05) is 36.4 Å². The van der Waals surface area contributed by atoms with Crippen LogP contribution in [0, 0.1) is 13.8 Å². The number of amides is 1. The molecule has 0 saturated carbocycles. The lowest BCUT2D eigenvalue weighted by molar-refractivity contribution is -0.127. The Labute approximate surface area is 163 Å². The lowest BCUT2D eigenvalue weighted by Gasteiger charge is -2.16. The third kappa shape index (κ3) is 4.00. The second kappa shape index (κ2) is 7.61. The first-order chi connectivity index (χ1) is 13.2. The van der Waals surface area contributed by atoms with Gasteiger partial charge in [-0.2, -0.15) is 5.10 Å². The Hall–Kier alpha value is -2.91. The van der Waals surface area contributed by atoms with Crippen molar-refractivity contribution in [1.82, 2.24) is 20.0 Å². The Morgan fingerprint density at radius 2 is 1.82 bits per heavy atom. The van der Waals surface area contributed by atoms with E-state index in [0.29, 0.717) is 17.1 Å². The zero-order valence-corrected chi connectivity index (χ0v) is 16.9. The number of carbonyl (C=O) groups is 1. The minimum absolute atomic E-state index is 0.0402. The molecule has 8 nitrogen and oxygen atoms in total. The van der Waals surface area contributed by atoms with Crippen LogP contribution in [-0.2, 0) is 21.9 Å². The zero-order chi connectivity index (χ0) is 20.5. The highest BCUT2D eigenvalue weighted by molar-refractivity contribution is 7.89. The molecule has 1 atom stereocenters. The standard InChI is InChI=1S/C19H22N4O4S/c1-12-18(13(2)23(4)21-12)28(25,26)22-20-19(24)14(3)27-17-10-9-15-7-5-6-8-16(15)11-17/h5-11,14,22H,1-4H3,(H,20,24)/t14-/m1/s1. The molecule has 9 heteroatoms. The van der Waals surface area contributed by atoms with Crippen LogP contribution in [0.2, 0.25) is 0 Å². The molecule has 28 heavy (non-hydrogen) atoms. The van der Waals surface area contributed by atoms with Gasteiger partial charge in [0, 0.05) is 7.05 Å². The summed E-state index contributed by atoms with van der Waals surface area (Å²) >= 11 is 0. The van der Waals surface area contributed by atoms with E-state index in [2.05, 4.69) is 15.4 Å². The fourth-order valence-electron chi connectivity index (χ4n) is 2.91. The minimum Gasteiger partial charge on any atom is -0.481 e. The molecule has 0 unspecified atom stereocenters. The summed E-state index contributed by atoms with van der Waals surface area (Å²) in [6.07, 6.45) is -0.903. The van der Waals surface area contributed by atoms with E-state index >= 15 is 0 Å². The van der Waals surface area contributed by atoms with Gasteiger partial charge in [0.15, 0.2) is 6.10 Å². The predicted molar refractivity (Wildman–Crippen MR) is 105 cm³/mol. The molecule has 0 saturated heterocycles. The Balaban J connectivity index is 1.66. The quantitative estimate of drug-likeness (QED) is 0.614. The van der Waals surface area contributed by atoms with Crippen LogP contribution in [0.3, 0.4) is 0 Å². The van der Waals surface area contributed by atoms with E-state index in [9.17, 15) is 13.2 Å². The topological polar surface area (TPSA) is 102 Å². The molecule has 1 aromatic heterocycles. The maximum absolute atomic E-state index is 12.5. The zero-order valence-electron chi connectivity index (χ0n) is 16.1. The number of hydrogen-bond acceptors (Lipinski definition) is 5. The van der Waals surface area contributed by atoms with Gasteiger partial charge in [-0.05, 0) is 43.7 Å². The third-order valence-electron chi connectivity index (χ3n) is 4.42. The smallest absolute Gasteiger partial charge is 0.275 e. The first kappa shape index (κ1) is 19.8. The van der Waals surface area contributed by atoms with Crippen molar-refractivity contribution in [3.63, 3.8) is 0 Å². The van der Waals surface area contributed by atoms with Gasteiger partial charge in [-0.15, -0.1) is 4.83 Å². The van der Waals surface area contributed by atoms with Crippen LogP contribution in [0.4, 0.5) is 0 Å². The summed E-state index contributed by atoms with van der Waals surface area (Å²) in [5.74, 6) is -0.0981. The van der Waals surface area contributed by atoms with Gasteiger partial charge in [0.2, 0.25) is 0 Å². The number of nitrogens with one attached hydrogen (secondary N) is 2. The molecule has 3 aromatic rings. The average molecular weight is 402 g/mol. The molecular weight excluding hydrogens is 380 g/mol. The lowest BCUT2D eigenvalue weighted by atomic mass is 10.1. The maximum atomic E-state index is 12.5. The van der Waals surface area contributed by atoms with E-state index < -0.39 is 22.0 Å². The Bertz CT molecular complexity index is 1140. The summed E-state index contributed by atoms with van der Waals surface area (Å²) in [7, 11) is -2.30. The summed E-state index contributed by atoms with van der Waals surface area (Å²) in [5, 5.41) is 6.12. The van der Waals surface area contributed by atoms with Crippen molar-refractivity contribution in [2.45, 2.75) is 31.8 Å². The van der Waals surface area contributed by atoms with Gasteiger partial charge in [-0.3, -0.25) is 14.9 Å². The molecule has 0 bridgehead atoms. The first-order valence-corrected chi connectivity index (χ1v) is 10.1. The van der Waals surface area contributed by atoms with Crippen molar-refractivity contribution in [3.05, 3.63) is 53.9 Å². The van der Waals surface area contributed by atoms with Crippen molar-refractivity contribution >= 4 is 26.7 Å². The largest absolute Gasteiger partial charge is 0.481 e. The van der Waals surface area contributed by atoms with Crippen LogP contribution in [0.5, 0.6) is 5.75 Å². The summed E-state index contributed by atoms with van der Waals surface area (Å²) in [5.41, 5.74) is 3.02. The lowest BCUT2D eigenvalue weighted by Crippen LogP contribution is -2.47. The van der Waals surface area contributed by atoms with E-state index in [1.54, 1.807) is 33.9 Å². The van der Waals surface area contributed by atoms with Gasteiger partial charge >= 0.3 is 0 Å². The second-order valence-corrected chi connectivity index (χ2v) is 8.11. The minimum atomic E-state index is -3.95. The van der Waals surface area contributed by atoms with Crippen molar-refractivity contribution < 1.29 is 17.9 Å². The average Bonchev–Trinajstić information content (AvgIpc) is 2.92. The number of ether oxygens (including phenoxy) is 1. The number of hydrogen-bond donors (Lipinski definition) is 2. The fraction of sp³-hybridized carbons (Fsp3) is 0.263. The Morgan fingerprint density at radius 3 is 2.46 bits per heavy atom. The van der Waals surface area contributed by atoms with Gasteiger partial charge in [0.25, 0.3) is 15.9 Å². The first-order valence-electron chi connectivity index (χ1n) is 8.66. The molecule has 1 heterocycles. The Kier molecular flexibility index (Phi) is 5.39. The fourth-order valence-corrected chi connectivity index (χ4v) is 4.20. The number of nitrogens with zero attached hydrogens (tertiary/aromatic N) is 2. The molecule has 0 aliphatic carbocycles. The molecule has 2 aromatic carbocycles. The third-order valence-corrected chi connectivity index (χ3v) is 5.92. The number of rotatable bonds is 6. The number of fused-ring (bicyclic) bond motifs is 1. The van der Waals surface area contributed by atoms with Gasteiger partial charge < -0.3 is 4.74 Å². The van der Waals surface area contributed by atoms with Gasteiger partial charge in [0.1, 0.15) is 10.6 Å².